The summed E-state index contributed by atoms with van der Waals surface area (Å²) in [6.07, 6.45) is 11.0. The molecule has 3 rings (SSSR count). The number of likely N-dealkylation sites (N-methyl/N-ethyl adjacent to an activating group) is 1. The summed E-state index contributed by atoms with van der Waals surface area (Å²) in [6, 6.07) is 6.64. The fourth-order valence-electron chi connectivity index (χ4n) is 5.80. The van der Waals surface area contributed by atoms with Crippen LogP contribution in [-0.4, -0.2) is 79.1 Å². The van der Waals surface area contributed by atoms with Crippen LogP contribution in [0, 0.1) is 0 Å². The van der Waals surface area contributed by atoms with Crippen LogP contribution in [0.2, 0.25) is 0 Å². The summed E-state index contributed by atoms with van der Waals surface area (Å²) in [5, 5.41) is 2.67. The first-order valence-electron chi connectivity index (χ1n) is 14.2. The summed E-state index contributed by atoms with van der Waals surface area (Å²) in [5.41, 5.74) is 0.540. The molecule has 8 nitrogen and oxygen atoms in total. The summed E-state index contributed by atoms with van der Waals surface area (Å²) < 4.78 is 29.0. The zero-order valence-corrected chi connectivity index (χ0v) is 23.8. The van der Waals surface area contributed by atoms with Crippen LogP contribution in [0.3, 0.4) is 0 Å². The van der Waals surface area contributed by atoms with E-state index in [4.69, 9.17) is 0 Å². The fraction of sp³-hybridized carbons (Fsp3) is 0.714. The minimum atomic E-state index is -3.90. The Bertz CT molecular complexity index is 948. The molecule has 0 aromatic heterocycles. The highest BCUT2D eigenvalue weighted by atomic mass is 32.2. The van der Waals surface area contributed by atoms with Crippen LogP contribution in [0.15, 0.2) is 29.2 Å². The van der Waals surface area contributed by atoms with Crippen LogP contribution in [0.4, 0.5) is 5.69 Å². The molecule has 0 radical (unpaired) electrons. The molecule has 0 atom stereocenters. The molecule has 1 N–H and O–H groups in total. The number of sulfonamides is 1. The first kappa shape index (κ1) is 29.6. The maximum Gasteiger partial charge on any atom is 0.243 e. The summed E-state index contributed by atoms with van der Waals surface area (Å²) in [6.45, 7) is 7.85. The van der Waals surface area contributed by atoms with Gasteiger partial charge in [0.25, 0.3) is 0 Å². The van der Waals surface area contributed by atoms with Crippen molar-refractivity contribution in [1.82, 2.24) is 14.1 Å². The maximum absolute atomic E-state index is 13.9. The smallest absolute Gasteiger partial charge is 0.243 e. The number of benzene rings is 1. The van der Waals surface area contributed by atoms with Crippen LogP contribution in [0.25, 0.3) is 0 Å². The van der Waals surface area contributed by atoms with Gasteiger partial charge in [0.1, 0.15) is 0 Å². The number of anilines is 1. The maximum atomic E-state index is 13.9. The van der Waals surface area contributed by atoms with E-state index >= 15 is 0 Å². The van der Waals surface area contributed by atoms with Gasteiger partial charge < -0.3 is 15.1 Å². The Morgan fingerprint density at radius 3 is 1.81 bits per heavy atom. The molecular formula is C28H46N4O4S. The number of carbonyl (C=O) groups excluding carboxylic acids is 2. The molecule has 0 bridgehead atoms. The molecule has 2 aliphatic rings. The second-order valence-electron chi connectivity index (χ2n) is 10.5. The molecule has 37 heavy (non-hydrogen) atoms. The van der Waals surface area contributed by atoms with Gasteiger partial charge in [-0.15, -0.1) is 0 Å². The van der Waals surface area contributed by atoms with Crippen molar-refractivity contribution in [2.24, 2.45) is 0 Å². The predicted molar refractivity (Wildman–Crippen MR) is 148 cm³/mol. The Morgan fingerprint density at radius 2 is 1.35 bits per heavy atom. The number of amides is 2. The molecule has 2 amide bonds. The van der Waals surface area contributed by atoms with Gasteiger partial charge in [0.15, 0.2) is 0 Å². The average molecular weight is 535 g/mol. The lowest BCUT2D eigenvalue weighted by atomic mass is 9.88. The lowest BCUT2D eigenvalue weighted by Crippen LogP contribution is -2.53. The monoisotopic (exact) mass is 534 g/mol. The fourth-order valence-corrected chi connectivity index (χ4v) is 7.18. The lowest BCUT2D eigenvalue weighted by molar-refractivity contribution is -0.138. The summed E-state index contributed by atoms with van der Waals surface area (Å²) in [5.74, 6) is -0.274. The number of hydrogen-bond acceptors (Lipinski definition) is 5. The molecule has 2 aliphatic carbocycles. The standard InChI is InChI=1S/C28H46N4O4S/c1-4-30(5-2)20-21-31(37(35,36)27-18-16-24(17-19-27)29-23(3)33)22-28(34)32(25-12-8-6-9-13-25)26-14-10-7-11-15-26/h16-19,25-26H,4-15,20-22H2,1-3H3,(H,29,33). The van der Waals surface area contributed by atoms with Gasteiger partial charge in [-0.2, -0.15) is 4.31 Å². The van der Waals surface area contributed by atoms with Gasteiger partial charge in [0, 0.05) is 37.8 Å². The third-order valence-corrected chi connectivity index (χ3v) is 9.77. The number of nitrogens with zero attached hydrogens (tertiary/aromatic N) is 3. The second-order valence-corrected chi connectivity index (χ2v) is 12.4. The largest absolute Gasteiger partial charge is 0.336 e. The van der Waals surface area contributed by atoms with Crippen molar-refractivity contribution in [3.8, 4) is 0 Å². The number of hydrogen-bond donors (Lipinski definition) is 1. The van der Waals surface area contributed by atoms with E-state index in [9.17, 15) is 18.0 Å². The number of rotatable bonds is 12. The van der Waals surface area contributed by atoms with Crippen molar-refractivity contribution >= 4 is 27.5 Å². The van der Waals surface area contributed by atoms with E-state index in [1.165, 1.54) is 36.2 Å². The normalized spacial score (nSPS) is 17.8. The summed E-state index contributed by atoms with van der Waals surface area (Å²) >= 11 is 0. The van der Waals surface area contributed by atoms with E-state index in [2.05, 4.69) is 29.0 Å². The summed E-state index contributed by atoms with van der Waals surface area (Å²) in [7, 11) is -3.90. The molecule has 0 heterocycles. The molecule has 0 saturated heterocycles. The van der Waals surface area contributed by atoms with E-state index in [0.717, 1.165) is 64.5 Å². The number of carbonyl (C=O) groups is 2. The van der Waals surface area contributed by atoms with E-state index in [0.29, 0.717) is 12.2 Å². The van der Waals surface area contributed by atoms with Crippen LogP contribution >= 0.6 is 0 Å². The highest BCUT2D eigenvalue weighted by Gasteiger charge is 2.35. The van der Waals surface area contributed by atoms with Crippen LogP contribution in [0.5, 0.6) is 0 Å². The molecule has 2 saturated carbocycles. The Kier molecular flexibility index (Phi) is 11.4. The Hall–Kier alpha value is -1.97. The molecule has 0 aliphatic heterocycles. The first-order chi connectivity index (χ1) is 17.8. The van der Waals surface area contributed by atoms with Crippen LogP contribution in [0.1, 0.15) is 85.0 Å². The highest BCUT2D eigenvalue weighted by Crippen LogP contribution is 2.31. The molecule has 208 valence electrons. The topological polar surface area (TPSA) is 90.0 Å². The molecule has 1 aromatic carbocycles. The van der Waals surface area contributed by atoms with Crippen molar-refractivity contribution in [1.29, 1.82) is 0 Å². The minimum absolute atomic E-state index is 0.0585. The Labute approximate surface area is 223 Å². The molecule has 2 fully saturated rings. The average Bonchev–Trinajstić information content (AvgIpc) is 2.90. The van der Waals surface area contributed by atoms with Gasteiger partial charge in [-0.3, -0.25) is 9.59 Å². The minimum Gasteiger partial charge on any atom is -0.336 e. The van der Waals surface area contributed by atoms with Gasteiger partial charge in [0.2, 0.25) is 21.8 Å². The van der Waals surface area contributed by atoms with Crippen molar-refractivity contribution < 1.29 is 18.0 Å². The first-order valence-corrected chi connectivity index (χ1v) is 15.6. The SMILES string of the molecule is CCN(CC)CCN(CC(=O)N(C1CCCCC1)C1CCCCC1)S(=O)(=O)c1ccc(NC(C)=O)cc1. The van der Waals surface area contributed by atoms with Crippen molar-refractivity contribution in [2.45, 2.75) is 102 Å². The quantitative estimate of drug-likeness (QED) is 0.427. The Balaban J connectivity index is 1.86. The highest BCUT2D eigenvalue weighted by molar-refractivity contribution is 7.89. The van der Waals surface area contributed by atoms with Crippen LogP contribution in [-0.2, 0) is 19.6 Å². The molecule has 9 heteroatoms. The van der Waals surface area contributed by atoms with Crippen molar-refractivity contribution in [2.75, 3.05) is 38.0 Å². The van der Waals surface area contributed by atoms with E-state index in [1.54, 1.807) is 12.1 Å². The van der Waals surface area contributed by atoms with Gasteiger partial charge in [-0.25, -0.2) is 8.42 Å². The second kappa shape index (κ2) is 14.3. The van der Waals surface area contributed by atoms with Crippen molar-refractivity contribution in [3.63, 3.8) is 0 Å². The van der Waals surface area contributed by atoms with E-state index in [1.807, 2.05) is 0 Å². The zero-order valence-electron chi connectivity index (χ0n) is 23.0. The predicted octanol–water partition coefficient (Wildman–Crippen LogP) is 4.47. The van der Waals surface area contributed by atoms with Gasteiger partial charge in [-0.1, -0.05) is 52.4 Å². The Morgan fingerprint density at radius 1 is 0.838 bits per heavy atom. The van der Waals surface area contributed by atoms with Gasteiger partial charge in [-0.05, 0) is 63.0 Å². The summed E-state index contributed by atoms with van der Waals surface area (Å²) in [4.78, 5) is 29.7. The number of nitrogens with one attached hydrogen (secondary N) is 1. The van der Waals surface area contributed by atoms with Crippen LogP contribution < -0.4 is 5.32 Å². The third-order valence-electron chi connectivity index (χ3n) is 7.91. The zero-order chi connectivity index (χ0) is 26.8. The molecule has 1 aromatic rings. The third kappa shape index (κ3) is 8.26. The van der Waals surface area contributed by atoms with Crippen molar-refractivity contribution in [3.05, 3.63) is 24.3 Å². The molecular weight excluding hydrogens is 488 g/mol. The van der Waals surface area contributed by atoms with E-state index in [-0.39, 0.29) is 41.9 Å². The molecule has 0 spiro atoms. The van der Waals surface area contributed by atoms with E-state index < -0.39 is 10.0 Å². The molecule has 0 unspecified atom stereocenters. The van der Waals surface area contributed by atoms with Gasteiger partial charge in [0.05, 0.1) is 11.4 Å². The van der Waals surface area contributed by atoms with Gasteiger partial charge >= 0.3 is 0 Å². The lowest BCUT2D eigenvalue weighted by Gasteiger charge is -2.42.